The second-order valence-corrected chi connectivity index (χ2v) is 5.67. The van der Waals surface area contributed by atoms with Gasteiger partial charge in [0.15, 0.2) is 0 Å². The van der Waals surface area contributed by atoms with Crippen molar-refractivity contribution in [2.45, 2.75) is 11.4 Å². The molecule has 2 aromatic carbocycles. The zero-order chi connectivity index (χ0) is 13.0. The zero-order valence-electron chi connectivity index (χ0n) is 10.7. The molecule has 2 nitrogen and oxygen atoms in total. The van der Waals surface area contributed by atoms with E-state index in [0.717, 1.165) is 11.4 Å². The molecule has 0 aliphatic carbocycles. The smallest absolute Gasteiger partial charge is 0.0498 e. The maximum atomic E-state index is 11.3. The maximum Gasteiger partial charge on any atom is 0.0498 e. The molecule has 0 aliphatic heterocycles. The molecule has 0 saturated carbocycles. The molecule has 0 unspecified atom stereocenters. The van der Waals surface area contributed by atoms with Crippen molar-refractivity contribution in [3.63, 3.8) is 0 Å². The molecule has 2 aromatic rings. The Morgan fingerprint density at radius 3 is 2.17 bits per heavy atom. The molecule has 0 N–H and O–H groups in total. The number of benzene rings is 2. The van der Waals surface area contributed by atoms with E-state index in [1.807, 2.05) is 42.5 Å². The van der Waals surface area contributed by atoms with Crippen LogP contribution in [0.15, 0.2) is 59.5 Å². The third-order valence-corrected chi connectivity index (χ3v) is 3.81. The van der Waals surface area contributed by atoms with Gasteiger partial charge in [0, 0.05) is 41.2 Å². The van der Waals surface area contributed by atoms with Gasteiger partial charge in [-0.25, -0.2) is 0 Å². The van der Waals surface area contributed by atoms with E-state index >= 15 is 0 Å². The number of hydrogen-bond acceptors (Lipinski definition) is 2. The number of hydrogen-bond donors (Lipinski definition) is 0. The highest BCUT2D eigenvalue weighted by Crippen LogP contribution is 2.15. The predicted octanol–water partition coefficient (Wildman–Crippen LogP) is 3.06. The van der Waals surface area contributed by atoms with Crippen LogP contribution in [0.1, 0.15) is 5.56 Å². The summed E-state index contributed by atoms with van der Waals surface area (Å²) in [7, 11) is 1.17. The summed E-state index contributed by atoms with van der Waals surface area (Å²) in [6, 6.07) is 18.2. The SMILES string of the molecule is CN(Cc1ccc([S@@](C)=O)cc1)c1ccccc1. The van der Waals surface area contributed by atoms with E-state index in [1.54, 1.807) is 6.26 Å². The average Bonchev–Trinajstić information content (AvgIpc) is 2.40. The van der Waals surface area contributed by atoms with Crippen LogP contribution >= 0.6 is 0 Å². The lowest BCUT2D eigenvalue weighted by molar-refractivity contribution is 0.687. The van der Waals surface area contributed by atoms with E-state index in [4.69, 9.17) is 0 Å². The Bertz CT molecular complexity index is 522. The first-order valence-corrected chi connectivity index (χ1v) is 7.41. The summed E-state index contributed by atoms with van der Waals surface area (Å²) in [6.07, 6.45) is 1.70. The van der Waals surface area contributed by atoms with Gasteiger partial charge in [0.05, 0.1) is 0 Å². The minimum absolute atomic E-state index is 0.848. The molecule has 0 aliphatic rings. The topological polar surface area (TPSA) is 20.3 Å². The highest BCUT2D eigenvalue weighted by Gasteiger charge is 2.02. The van der Waals surface area contributed by atoms with Crippen LogP contribution in [-0.2, 0) is 17.3 Å². The highest BCUT2D eigenvalue weighted by molar-refractivity contribution is 7.84. The van der Waals surface area contributed by atoms with E-state index in [9.17, 15) is 4.21 Å². The Balaban J connectivity index is 2.08. The molecule has 0 bridgehead atoms. The summed E-state index contributed by atoms with van der Waals surface area (Å²) in [4.78, 5) is 3.07. The number of rotatable bonds is 4. The van der Waals surface area contributed by atoms with Crippen LogP contribution in [-0.4, -0.2) is 17.5 Å². The van der Waals surface area contributed by atoms with Crippen LogP contribution < -0.4 is 4.90 Å². The maximum absolute atomic E-state index is 11.3. The first kappa shape index (κ1) is 12.8. The largest absolute Gasteiger partial charge is 0.370 e. The number of nitrogens with zero attached hydrogens (tertiary/aromatic N) is 1. The van der Waals surface area contributed by atoms with Crippen molar-refractivity contribution in [2.24, 2.45) is 0 Å². The Morgan fingerprint density at radius 2 is 1.61 bits per heavy atom. The number of anilines is 1. The molecule has 0 fully saturated rings. The lowest BCUT2D eigenvalue weighted by Crippen LogP contribution is -2.16. The van der Waals surface area contributed by atoms with Crippen LogP contribution in [0.4, 0.5) is 5.69 Å². The predicted molar refractivity (Wildman–Crippen MR) is 77.3 cm³/mol. The molecule has 0 radical (unpaired) electrons. The van der Waals surface area contributed by atoms with Crippen molar-refractivity contribution < 1.29 is 4.21 Å². The molecular weight excluding hydrogens is 242 g/mol. The van der Waals surface area contributed by atoms with Crippen LogP contribution in [0.25, 0.3) is 0 Å². The van der Waals surface area contributed by atoms with Gasteiger partial charge in [-0.3, -0.25) is 4.21 Å². The van der Waals surface area contributed by atoms with E-state index in [-0.39, 0.29) is 0 Å². The monoisotopic (exact) mass is 259 g/mol. The molecule has 94 valence electrons. The fourth-order valence-corrected chi connectivity index (χ4v) is 2.35. The normalized spacial score (nSPS) is 12.1. The summed E-state index contributed by atoms with van der Waals surface area (Å²) in [6.45, 7) is 0.848. The third-order valence-electron chi connectivity index (χ3n) is 2.87. The number of para-hydroxylation sites is 1. The second kappa shape index (κ2) is 5.83. The van der Waals surface area contributed by atoms with Crippen molar-refractivity contribution in [1.29, 1.82) is 0 Å². The summed E-state index contributed by atoms with van der Waals surface area (Å²) in [5, 5.41) is 0. The molecule has 0 amide bonds. The molecule has 0 spiro atoms. The van der Waals surface area contributed by atoms with Gasteiger partial charge in [0.2, 0.25) is 0 Å². The van der Waals surface area contributed by atoms with Gasteiger partial charge in [0.1, 0.15) is 0 Å². The lowest BCUT2D eigenvalue weighted by Gasteiger charge is -2.19. The lowest BCUT2D eigenvalue weighted by atomic mass is 10.2. The molecule has 3 heteroatoms. The molecular formula is C15H17NOS. The standard InChI is InChI=1S/C15H17NOS/c1-16(14-6-4-3-5-7-14)12-13-8-10-15(11-9-13)18(2)17/h3-11H,12H2,1-2H3/t18-/m1/s1. The quantitative estimate of drug-likeness (QED) is 0.841. The van der Waals surface area contributed by atoms with Gasteiger partial charge in [-0.15, -0.1) is 0 Å². The van der Waals surface area contributed by atoms with Crippen LogP contribution in [0, 0.1) is 0 Å². The van der Waals surface area contributed by atoms with Gasteiger partial charge >= 0.3 is 0 Å². The Morgan fingerprint density at radius 1 is 1.00 bits per heavy atom. The Labute approximate surface area is 111 Å². The van der Waals surface area contributed by atoms with E-state index < -0.39 is 10.8 Å². The molecule has 0 heterocycles. The van der Waals surface area contributed by atoms with Crippen molar-refractivity contribution in [3.8, 4) is 0 Å². The third kappa shape index (κ3) is 3.20. The van der Waals surface area contributed by atoms with Crippen molar-refractivity contribution in [1.82, 2.24) is 0 Å². The second-order valence-electron chi connectivity index (χ2n) is 4.29. The highest BCUT2D eigenvalue weighted by atomic mass is 32.2. The van der Waals surface area contributed by atoms with Gasteiger partial charge < -0.3 is 4.90 Å². The van der Waals surface area contributed by atoms with E-state index in [0.29, 0.717) is 0 Å². The van der Waals surface area contributed by atoms with Crippen molar-refractivity contribution in [2.75, 3.05) is 18.2 Å². The van der Waals surface area contributed by atoms with Crippen molar-refractivity contribution in [3.05, 3.63) is 60.2 Å². The summed E-state index contributed by atoms with van der Waals surface area (Å²) in [5.74, 6) is 0. The zero-order valence-corrected chi connectivity index (χ0v) is 11.5. The fraction of sp³-hybridized carbons (Fsp3) is 0.200. The van der Waals surface area contributed by atoms with Crippen LogP contribution in [0.3, 0.4) is 0 Å². The summed E-state index contributed by atoms with van der Waals surface area (Å²) in [5.41, 5.74) is 2.41. The van der Waals surface area contributed by atoms with Crippen molar-refractivity contribution >= 4 is 16.5 Å². The molecule has 2 rings (SSSR count). The molecule has 18 heavy (non-hydrogen) atoms. The van der Waals surface area contributed by atoms with Gasteiger partial charge in [-0.2, -0.15) is 0 Å². The summed E-state index contributed by atoms with van der Waals surface area (Å²) < 4.78 is 11.3. The van der Waals surface area contributed by atoms with Gasteiger partial charge in [-0.05, 0) is 29.8 Å². The molecule has 1 atom stereocenters. The van der Waals surface area contributed by atoms with Crippen LogP contribution in [0.5, 0.6) is 0 Å². The first-order valence-electron chi connectivity index (χ1n) is 5.85. The minimum Gasteiger partial charge on any atom is -0.370 e. The van der Waals surface area contributed by atoms with Gasteiger partial charge in [-0.1, -0.05) is 30.3 Å². The molecule has 0 aromatic heterocycles. The van der Waals surface area contributed by atoms with Crippen LogP contribution in [0.2, 0.25) is 0 Å². The Kier molecular flexibility index (Phi) is 4.15. The summed E-state index contributed by atoms with van der Waals surface area (Å²) >= 11 is 0. The molecule has 0 saturated heterocycles. The fourth-order valence-electron chi connectivity index (χ4n) is 1.83. The Hall–Kier alpha value is -1.61. The van der Waals surface area contributed by atoms with E-state index in [2.05, 4.69) is 24.1 Å². The minimum atomic E-state index is -0.899. The average molecular weight is 259 g/mol. The van der Waals surface area contributed by atoms with E-state index in [1.165, 1.54) is 11.3 Å². The van der Waals surface area contributed by atoms with Gasteiger partial charge in [0.25, 0.3) is 0 Å². The first-order chi connectivity index (χ1) is 8.66.